The van der Waals surface area contributed by atoms with Crippen LogP contribution < -0.4 is 10.2 Å². The molecule has 18 heavy (non-hydrogen) atoms. The van der Waals surface area contributed by atoms with Crippen molar-refractivity contribution < 1.29 is 0 Å². The van der Waals surface area contributed by atoms with E-state index in [1.54, 1.807) is 0 Å². The first-order valence-electron chi connectivity index (χ1n) is 6.92. The molecule has 0 aliphatic carbocycles. The zero-order chi connectivity index (χ0) is 13.2. The molecule has 1 N–H and O–H groups in total. The molecule has 3 nitrogen and oxygen atoms in total. The van der Waals surface area contributed by atoms with Crippen molar-refractivity contribution >= 4 is 16.5 Å². The molecule has 1 aliphatic heterocycles. The van der Waals surface area contributed by atoms with E-state index in [4.69, 9.17) is 4.98 Å². The van der Waals surface area contributed by atoms with Crippen LogP contribution in [0.25, 0.3) is 0 Å². The summed E-state index contributed by atoms with van der Waals surface area (Å²) in [5.74, 6) is 0. The third-order valence-corrected chi connectivity index (χ3v) is 4.48. The summed E-state index contributed by atoms with van der Waals surface area (Å²) in [4.78, 5) is 8.78. The lowest BCUT2D eigenvalue weighted by molar-refractivity contribution is 0.554. The fourth-order valence-electron chi connectivity index (χ4n) is 2.43. The lowest BCUT2D eigenvalue weighted by atomic mass is 9.91. The molecule has 2 heterocycles. The van der Waals surface area contributed by atoms with E-state index in [1.807, 2.05) is 18.4 Å². The second-order valence-corrected chi connectivity index (χ2v) is 7.16. The van der Waals surface area contributed by atoms with Gasteiger partial charge in [0, 0.05) is 29.9 Å². The molecule has 0 radical (unpaired) electrons. The molecule has 2 rings (SSSR count). The average Bonchev–Trinajstić information content (AvgIpc) is 2.75. The minimum atomic E-state index is 0.136. The number of anilines is 1. The molecular weight excluding hydrogens is 242 g/mol. The van der Waals surface area contributed by atoms with E-state index in [0.29, 0.717) is 0 Å². The first-order chi connectivity index (χ1) is 8.52. The van der Waals surface area contributed by atoms with Crippen molar-refractivity contribution in [2.24, 2.45) is 0 Å². The summed E-state index contributed by atoms with van der Waals surface area (Å²) in [7, 11) is 2.01. The van der Waals surface area contributed by atoms with Gasteiger partial charge in [-0.05, 0) is 26.3 Å². The number of thiazole rings is 1. The van der Waals surface area contributed by atoms with Crippen molar-refractivity contribution in [3.8, 4) is 0 Å². The number of rotatable bonds is 3. The van der Waals surface area contributed by atoms with Gasteiger partial charge in [-0.2, -0.15) is 0 Å². The van der Waals surface area contributed by atoms with Crippen LogP contribution in [0.4, 0.5) is 5.13 Å². The first kappa shape index (κ1) is 13.8. The number of nitrogens with one attached hydrogen (secondary N) is 1. The second kappa shape index (κ2) is 5.57. The minimum Gasteiger partial charge on any atom is -0.348 e. The van der Waals surface area contributed by atoms with Gasteiger partial charge in [-0.3, -0.25) is 0 Å². The molecule has 0 spiro atoms. The van der Waals surface area contributed by atoms with Gasteiger partial charge in [-0.15, -0.1) is 11.3 Å². The summed E-state index contributed by atoms with van der Waals surface area (Å²) in [6.45, 7) is 10.0. The van der Waals surface area contributed by atoms with Crippen LogP contribution in [0.5, 0.6) is 0 Å². The van der Waals surface area contributed by atoms with Crippen LogP contribution in [0, 0.1) is 0 Å². The topological polar surface area (TPSA) is 28.2 Å². The Hall–Kier alpha value is -0.610. The maximum atomic E-state index is 4.93. The van der Waals surface area contributed by atoms with Gasteiger partial charge >= 0.3 is 0 Å². The molecule has 1 saturated heterocycles. The highest BCUT2D eigenvalue weighted by molar-refractivity contribution is 7.15. The van der Waals surface area contributed by atoms with Gasteiger partial charge in [0.2, 0.25) is 0 Å². The molecule has 4 heteroatoms. The molecule has 102 valence electrons. The van der Waals surface area contributed by atoms with Crippen LogP contribution in [-0.4, -0.2) is 25.1 Å². The van der Waals surface area contributed by atoms with E-state index in [9.17, 15) is 0 Å². The van der Waals surface area contributed by atoms with Gasteiger partial charge in [-0.1, -0.05) is 20.8 Å². The van der Waals surface area contributed by atoms with E-state index < -0.39 is 0 Å². The minimum absolute atomic E-state index is 0.136. The summed E-state index contributed by atoms with van der Waals surface area (Å²) in [5, 5.41) is 4.49. The Labute approximate surface area is 115 Å². The van der Waals surface area contributed by atoms with E-state index in [1.165, 1.54) is 48.1 Å². The molecule has 0 atom stereocenters. The zero-order valence-electron chi connectivity index (χ0n) is 12.0. The lowest BCUT2D eigenvalue weighted by Crippen LogP contribution is -2.29. The van der Waals surface area contributed by atoms with Gasteiger partial charge < -0.3 is 10.2 Å². The maximum absolute atomic E-state index is 4.93. The SMILES string of the molecule is CNCc1sc(N2CCCCC2)nc1C(C)(C)C. The van der Waals surface area contributed by atoms with Crippen molar-refractivity contribution in [3.63, 3.8) is 0 Å². The molecule has 0 unspecified atom stereocenters. The van der Waals surface area contributed by atoms with E-state index in [0.717, 1.165) is 6.54 Å². The first-order valence-corrected chi connectivity index (χ1v) is 7.74. The Bertz CT molecular complexity index is 386. The summed E-state index contributed by atoms with van der Waals surface area (Å²) in [6, 6.07) is 0. The van der Waals surface area contributed by atoms with Gasteiger partial charge in [0.15, 0.2) is 5.13 Å². The molecule has 1 aromatic rings. The Morgan fingerprint density at radius 2 is 1.89 bits per heavy atom. The van der Waals surface area contributed by atoms with E-state index >= 15 is 0 Å². The fourth-order valence-corrected chi connectivity index (χ4v) is 3.76. The summed E-state index contributed by atoms with van der Waals surface area (Å²) in [5.41, 5.74) is 1.40. The quantitative estimate of drug-likeness (QED) is 0.912. The third kappa shape index (κ3) is 3.04. The van der Waals surface area contributed by atoms with Crippen LogP contribution in [0.3, 0.4) is 0 Å². The molecule has 0 amide bonds. The largest absolute Gasteiger partial charge is 0.348 e. The Morgan fingerprint density at radius 1 is 1.22 bits per heavy atom. The fraction of sp³-hybridized carbons (Fsp3) is 0.786. The van der Waals surface area contributed by atoms with Crippen molar-refractivity contribution in [2.45, 2.75) is 52.0 Å². The number of hydrogen-bond donors (Lipinski definition) is 1. The van der Waals surface area contributed by atoms with E-state index in [-0.39, 0.29) is 5.41 Å². The van der Waals surface area contributed by atoms with Gasteiger partial charge in [0.05, 0.1) is 5.69 Å². The van der Waals surface area contributed by atoms with E-state index in [2.05, 4.69) is 31.0 Å². The van der Waals surface area contributed by atoms with Crippen LogP contribution in [-0.2, 0) is 12.0 Å². The van der Waals surface area contributed by atoms with Crippen LogP contribution in [0.2, 0.25) is 0 Å². The van der Waals surface area contributed by atoms with Crippen molar-refractivity contribution in [1.82, 2.24) is 10.3 Å². The maximum Gasteiger partial charge on any atom is 0.185 e. The Morgan fingerprint density at radius 3 is 2.44 bits per heavy atom. The highest BCUT2D eigenvalue weighted by Gasteiger charge is 2.25. The number of piperidine rings is 1. The van der Waals surface area contributed by atoms with Gasteiger partial charge in [-0.25, -0.2) is 4.98 Å². The molecule has 0 saturated carbocycles. The normalized spacial score (nSPS) is 17.2. The summed E-state index contributed by atoms with van der Waals surface area (Å²) in [6.07, 6.45) is 4.00. The molecule has 1 aromatic heterocycles. The number of hydrogen-bond acceptors (Lipinski definition) is 4. The van der Waals surface area contributed by atoms with Crippen LogP contribution in [0.1, 0.15) is 50.6 Å². The predicted molar refractivity (Wildman–Crippen MR) is 79.6 cm³/mol. The summed E-state index contributed by atoms with van der Waals surface area (Å²) >= 11 is 1.87. The summed E-state index contributed by atoms with van der Waals surface area (Å²) < 4.78 is 0. The van der Waals surface area contributed by atoms with Crippen molar-refractivity contribution in [1.29, 1.82) is 0 Å². The van der Waals surface area contributed by atoms with Gasteiger partial charge in [0.25, 0.3) is 0 Å². The standard InChI is InChI=1S/C14H25N3S/c1-14(2,3)12-11(10-15-4)18-13(16-12)17-8-6-5-7-9-17/h15H,5-10H2,1-4H3. The van der Waals surface area contributed by atoms with Crippen molar-refractivity contribution in [3.05, 3.63) is 10.6 Å². The molecule has 1 fully saturated rings. The average molecular weight is 267 g/mol. The Kier molecular flexibility index (Phi) is 4.28. The molecule has 0 aromatic carbocycles. The zero-order valence-corrected chi connectivity index (χ0v) is 12.9. The third-order valence-electron chi connectivity index (χ3n) is 3.36. The number of aromatic nitrogens is 1. The van der Waals surface area contributed by atoms with Gasteiger partial charge in [0.1, 0.15) is 0 Å². The monoisotopic (exact) mass is 267 g/mol. The Balaban J connectivity index is 2.26. The predicted octanol–water partition coefficient (Wildman–Crippen LogP) is 3.15. The highest BCUT2D eigenvalue weighted by Crippen LogP contribution is 2.34. The smallest absolute Gasteiger partial charge is 0.185 e. The highest BCUT2D eigenvalue weighted by atomic mass is 32.1. The van der Waals surface area contributed by atoms with Crippen LogP contribution >= 0.6 is 11.3 Å². The van der Waals surface area contributed by atoms with Crippen LogP contribution in [0.15, 0.2) is 0 Å². The molecule has 0 bridgehead atoms. The molecular formula is C14H25N3S. The second-order valence-electron chi connectivity index (χ2n) is 6.10. The molecule has 1 aliphatic rings. The number of nitrogens with zero attached hydrogens (tertiary/aromatic N) is 2. The lowest BCUT2D eigenvalue weighted by Gasteiger charge is -2.26. The van der Waals surface area contributed by atoms with Crippen molar-refractivity contribution in [2.75, 3.05) is 25.0 Å².